The highest BCUT2D eigenvalue weighted by Crippen LogP contribution is 2.12. The van der Waals surface area contributed by atoms with Gasteiger partial charge in [-0.2, -0.15) is 0 Å². The molecule has 0 aromatic rings. The molecule has 6 nitrogen and oxygen atoms in total. The van der Waals surface area contributed by atoms with Crippen molar-refractivity contribution in [3.05, 3.63) is 0 Å². The fourth-order valence-corrected chi connectivity index (χ4v) is 3.97. The van der Waals surface area contributed by atoms with Gasteiger partial charge < -0.3 is 10.6 Å². The average Bonchev–Trinajstić information content (AvgIpc) is 2.70. The quantitative estimate of drug-likeness (QED) is 0.710. The Morgan fingerprint density at radius 2 is 2.17 bits per heavy atom. The van der Waals surface area contributed by atoms with Crippen molar-refractivity contribution >= 4 is 15.9 Å². The Balaban J connectivity index is 1.70. The molecule has 104 valence electrons. The molecule has 7 heteroatoms. The van der Waals surface area contributed by atoms with Crippen LogP contribution in [0.2, 0.25) is 0 Å². The molecule has 2 saturated heterocycles. The summed E-state index contributed by atoms with van der Waals surface area (Å²) < 4.78 is 24.5. The van der Waals surface area contributed by atoms with Gasteiger partial charge in [0.2, 0.25) is 15.9 Å². The Hall–Kier alpha value is -0.660. The summed E-state index contributed by atoms with van der Waals surface area (Å²) in [5.41, 5.74) is 0. The first kappa shape index (κ1) is 13.8. The van der Waals surface area contributed by atoms with Gasteiger partial charge in [0.25, 0.3) is 0 Å². The molecular formula is C11H21N3O3S. The Bertz CT molecular complexity index is 390. The van der Waals surface area contributed by atoms with E-state index >= 15 is 0 Å². The van der Waals surface area contributed by atoms with Crippen molar-refractivity contribution < 1.29 is 13.2 Å². The smallest absolute Gasteiger partial charge is 0.237 e. The Kier molecular flexibility index (Phi) is 4.58. The Morgan fingerprint density at radius 3 is 2.78 bits per heavy atom. The molecule has 0 saturated carbocycles. The number of amides is 1. The Labute approximate surface area is 108 Å². The van der Waals surface area contributed by atoms with Crippen molar-refractivity contribution in [3.63, 3.8) is 0 Å². The third-order valence-electron chi connectivity index (χ3n) is 3.49. The van der Waals surface area contributed by atoms with Crippen LogP contribution in [0.4, 0.5) is 0 Å². The second-order valence-electron chi connectivity index (χ2n) is 4.86. The molecule has 0 aromatic carbocycles. The maximum atomic E-state index is 11.8. The first-order valence-electron chi connectivity index (χ1n) is 6.58. The summed E-state index contributed by atoms with van der Waals surface area (Å²) in [5, 5.41) is 5.98. The molecule has 0 spiro atoms. The monoisotopic (exact) mass is 275 g/mol. The molecule has 2 aliphatic rings. The molecule has 2 heterocycles. The largest absolute Gasteiger partial charge is 0.353 e. The van der Waals surface area contributed by atoms with E-state index in [1.54, 1.807) is 0 Å². The van der Waals surface area contributed by atoms with Crippen molar-refractivity contribution in [2.45, 2.75) is 31.7 Å². The molecule has 2 rings (SSSR count). The molecule has 2 fully saturated rings. The minimum Gasteiger partial charge on any atom is -0.353 e. The zero-order chi connectivity index (χ0) is 13.0. The van der Waals surface area contributed by atoms with E-state index in [0.717, 1.165) is 25.8 Å². The molecule has 1 atom stereocenters. The van der Waals surface area contributed by atoms with Gasteiger partial charge in [-0.3, -0.25) is 4.79 Å². The predicted molar refractivity (Wildman–Crippen MR) is 68.6 cm³/mol. The second-order valence-corrected chi connectivity index (χ2v) is 6.95. The van der Waals surface area contributed by atoms with E-state index in [1.807, 2.05) is 0 Å². The summed E-state index contributed by atoms with van der Waals surface area (Å²) >= 11 is 0. The van der Waals surface area contributed by atoms with E-state index < -0.39 is 10.0 Å². The number of nitrogens with zero attached hydrogens (tertiary/aromatic N) is 1. The molecule has 2 N–H and O–H groups in total. The molecule has 1 unspecified atom stereocenters. The van der Waals surface area contributed by atoms with Gasteiger partial charge in [0.1, 0.15) is 0 Å². The topological polar surface area (TPSA) is 78.5 Å². The summed E-state index contributed by atoms with van der Waals surface area (Å²) in [6, 6.07) is -0.103. The molecule has 18 heavy (non-hydrogen) atoms. The van der Waals surface area contributed by atoms with E-state index in [2.05, 4.69) is 10.6 Å². The number of nitrogens with one attached hydrogen (secondary N) is 2. The van der Waals surface area contributed by atoms with Crippen LogP contribution in [-0.4, -0.2) is 56.6 Å². The molecule has 0 aromatic heterocycles. The van der Waals surface area contributed by atoms with Gasteiger partial charge in [0.05, 0.1) is 11.8 Å². The van der Waals surface area contributed by atoms with Crippen LogP contribution in [0.15, 0.2) is 0 Å². The van der Waals surface area contributed by atoms with Gasteiger partial charge in [-0.05, 0) is 25.8 Å². The van der Waals surface area contributed by atoms with Crippen molar-refractivity contribution in [2.75, 3.05) is 31.9 Å². The average molecular weight is 275 g/mol. The lowest BCUT2D eigenvalue weighted by Gasteiger charge is -2.23. The number of carbonyl (C=O) groups excluding carboxylic acids is 1. The SMILES string of the molecule is O=C(NCCN1CCCS1(=O)=O)C1CCCCN1. The zero-order valence-corrected chi connectivity index (χ0v) is 11.3. The fourth-order valence-electron chi connectivity index (χ4n) is 2.44. The van der Waals surface area contributed by atoms with E-state index in [-0.39, 0.29) is 17.7 Å². The lowest BCUT2D eigenvalue weighted by Crippen LogP contribution is -2.48. The van der Waals surface area contributed by atoms with E-state index in [0.29, 0.717) is 26.1 Å². The first-order chi connectivity index (χ1) is 8.59. The van der Waals surface area contributed by atoms with Gasteiger partial charge in [-0.15, -0.1) is 0 Å². The van der Waals surface area contributed by atoms with Crippen LogP contribution in [0.5, 0.6) is 0 Å². The third-order valence-corrected chi connectivity index (χ3v) is 5.45. The molecule has 0 aliphatic carbocycles. The van der Waals surface area contributed by atoms with Crippen molar-refractivity contribution in [1.29, 1.82) is 0 Å². The zero-order valence-electron chi connectivity index (χ0n) is 10.5. The highest BCUT2D eigenvalue weighted by Gasteiger charge is 2.28. The van der Waals surface area contributed by atoms with Crippen LogP contribution in [0.25, 0.3) is 0 Å². The molecular weight excluding hydrogens is 254 g/mol. The first-order valence-corrected chi connectivity index (χ1v) is 8.19. The fraction of sp³-hybridized carbons (Fsp3) is 0.909. The number of sulfonamides is 1. The highest BCUT2D eigenvalue weighted by atomic mass is 32.2. The van der Waals surface area contributed by atoms with E-state index in [9.17, 15) is 13.2 Å². The molecule has 0 radical (unpaired) electrons. The standard InChI is InChI=1S/C11H21N3O3S/c15-11(10-4-1-2-5-12-10)13-6-8-14-7-3-9-18(14,16)17/h10,12H,1-9H2,(H,13,15). The Morgan fingerprint density at radius 1 is 1.33 bits per heavy atom. The molecule has 1 amide bonds. The van der Waals surface area contributed by atoms with E-state index in [1.165, 1.54) is 4.31 Å². The van der Waals surface area contributed by atoms with Gasteiger partial charge in [-0.25, -0.2) is 12.7 Å². The second kappa shape index (κ2) is 5.99. The van der Waals surface area contributed by atoms with Crippen molar-refractivity contribution in [3.8, 4) is 0 Å². The maximum absolute atomic E-state index is 11.8. The van der Waals surface area contributed by atoms with Gasteiger partial charge in [-0.1, -0.05) is 6.42 Å². The van der Waals surface area contributed by atoms with Crippen LogP contribution in [0.3, 0.4) is 0 Å². The number of hydrogen-bond acceptors (Lipinski definition) is 4. The third kappa shape index (κ3) is 3.43. The summed E-state index contributed by atoms with van der Waals surface area (Å²) in [5.74, 6) is 0.233. The lowest BCUT2D eigenvalue weighted by molar-refractivity contribution is -0.123. The van der Waals surface area contributed by atoms with Crippen LogP contribution in [0.1, 0.15) is 25.7 Å². The lowest BCUT2D eigenvalue weighted by atomic mass is 10.0. The van der Waals surface area contributed by atoms with Crippen LogP contribution in [0, 0.1) is 0 Å². The minimum atomic E-state index is -3.04. The van der Waals surface area contributed by atoms with Crippen molar-refractivity contribution in [2.24, 2.45) is 0 Å². The number of rotatable bonds is 4. The predicted octanol–water partition coefficient (Wildman–Crippen LogP) is -0.720. The van der Waals surface area contributed by atoms with Crippen LogP contribution < -0.4 is 10.6 Å². The number of piperidine rings is 1. The molecule has 0 bridgehead atoms. The number of hydrogen-bond donors (Lipinski definition) is 2. The van der Waals surface area contributed by atoms with Gasteiger partial charge in [0.15, 0.2) is 0 Å². The summed E-state index contributed by atoms with van der Waals surface area (Å²) in [6.07, 6.45) is 3.76. The molecule has 2 aliphatic heterocycles. The number of carbonyl (C=O) groups is 1. The van der Waals surface area contributed by atoms with Crippen molar-refractivity contribution in [1.82, 2.24) is 14.9 Å². The van der Waals surface area contributed by atoms with Gasteiger partial charge >= 0.3 is 0 Å². The summed E-state index contributed by atoms with van der Waals surface area (Å²) in [7, 11) is -3.04. The summed E-state index contributed by atoms with van der Waals surface area (Å²) in [4.78, 5) is 11.8. The van der Waals surface area contributed by atoms with Gasteiger partial charge in [0, 0.05) is 19.6 Å². The van der Waals surface area contributed by atoms with Crippen LogP contribution >= 0.6 is 0 Å². The normalized spacial score (nSPS) is 28.1. The van der Waals surface area contributed by atoms with E-state index in [4.69, 9.17) is 0 Å². The minimum absolute atomic E-state index is 0.00806. The summed E-state index contributed by atoms with van der Waals surface area (Å²) in [6.45, 7) is 2.26. The van der Waals surface area contributed by atoms with Crippen LogP contribution in [-0.2, 0) is 14.8 Å². The highest BCUT2D eigenvalue weighted by molar-refractivity contribution is 7.89. The maximum Gasteiger partial charge on any atom is 0.237 e.